The fourth-order valence-electron chi connectivity index (χ4n) is 1.52. The average molecular weight is 280 g/mol. The summed E-state index contributed by atoms with van der Waals surface area (Å²) in [5.74, 6) is 0.960. The van der Waals surface area contributed by atoms with Gasteiger partial charge in [0.25, 0.3) is 0 Å². The number of ether oxygens (including phenoxy) is 1. The van der Waals surface area contributed by atoms with Gasteiger partial charge >= 0.3 is 5.97 Å². The van der Waals surface area contributed by atoms with Crippen molar-refractivity contribution in [3.63, 3.8) is 0 Å². The molecule has 17 heavy (non-hydrogen) atoms. The van der Waals surface area contributed by atoms with Crippen LogP contribution in [0.1, 0.15) is 32.1 Å². The largest absolute Gasteiger partial charge is 0.463 e. The topological polar surface area (TPSA) is 66.8 Å². The smallest absolute Gasteiger partial charge is 0.305 e. The Balaban J connectivity index is 1.92. The van der Waals surface area contributed by atoms with E-state index < -0.39 is 6.10 Å². The molecule has 2 unspecified atom stereocenters. The normalized spacial score (nSPS) is 21.4. The van der Waals surface area contributed by atoms with Crippen molar-refractivity contribution in [3.05, 3.63) is 0 Å². The molecule has 1 aliphatic rings. The molecule has 6 heteroatoms. The Morgan fingerprint density at radius 1 is 1.47 bits per heavy atom. The van der Waals surface area contributed by atoms with E-state index in [0.29, 0.717) is 6.42 Å². The van der Waals surface area contributed by atoms with Crippen LogP contribution in [0.2, 0.25) is 0 Å². The van der Waals surface area contributed by atoms with Crippen molar-refractivity contribution in [1.82, 2.24) is 0 Å². The molecule has 1 aliphatic heterocycles. The van der Waals surface area contributed by atoms with Gasteiger partial charge in [0.2, 0.25) is 0 Å². The number of hydrogen-bond acceptors (Lipinski definition) is 6. The Kier molecular flexibility index (Phi) is 8.09. The van der Waals surface area contributed by atoms with Crippen molar-refractivity contribution in [3.8, 4) is 0 Å². The summed E-state index contributed by atoms with van der Waals surface area (Å²) in [7, 11) is 3.89. The molecule has 1 saturated heterocycles. The molecule has 0 spiro atoms. The van der Waals surface area contributed by atoms with E-state index in [1.807, 2.05) is 21.6 Å². The van der Waals surface area contributed by atoms with Crippen LogP contribution in [0.4, 0.5) is 0 Å². The van der Waals surface area contributed by atoms with Gasteiger partial charge < -0.3 is 14.9 Å². The maximum absolute atomic E-state index is 11.2. The minimum absolute atomic E-state index is 0.107. The van der Waals surface area contributed by atoms with Crippen molar-refractivity contribution < 1.29 is 19.7 Å². The second-order valence-corrected chi connectivity index (χ2v) is 6.88. The summed E-state index contributed by atoms with van der Waals surface area (Å²) in [5.41, 5.74) is 0. The van der Waals surface area contributed by atoms with Gasteiger partial charge in [-0.1, -0.05) is 28.0 Å². The van der Waals surface area contributed by atoms with Crippen LogP contribution in [0.5, 0.6) is 0 Å². The van der Waals surface area contributed by atoms with E-state index >= 15 is 0 Å². The fraction of sp³-hybridized carbons (Fsp3) is 0.909. The SMILES string of the molecule is O=C(CCCCC1CCSS1)OCC(O)CO. The highest BCUT2D eigenvalue weighted by Gasteiger charge is 2.16. The monoisotopic (exact) mass is 280 g/mol. The molecular formula is C11H20O4S2. The van der Waals surface area contributed by atoms with E-state index in [4.69, 9.17) is 14.9 Å². The van der Waals surface area contributed by atoms with E-state index in [1.54, 1.807) is 0 Å². The molecule has 1 heterocycles. The van der Waals surface area contributed by atoms with Gasteiger partial charge in [0, 0.05) is 17.4 Å². The summed E-state index contributed by atoms with van der Waals surface area (Å²) in [6.45, 7) is -0.478. The fourth-order valence-corrected chi connectivity index (χ4v) is 4.55. The van der Waals surface area contributed by atoms with Crippen molar-refractivity contribution >= 4 is 27.6 Å². The molecule has 1 rings (SSSR count). The van der Waals surface area contributed by atoms with Gasteiger partial charge in [-0.25, -0.2) is 0 Å². The third-order valence-electron chi connectivity index (χ3n) is 2.53. The number of aliphatic hydroxyl groups is 2. The Bertz CT molecular complexity index is 220. The maximum Gasteiger partial charge on any atom is 0.305 e. The number of unbranched alkanes of at least 4 members (excludes halogenated alkanes) is 1. The van der Waals surface area contributed by atoms with Gasteiger partial charge in [-0.2, -0.15) is 0 Å². The minimum atomic E-state index is -0.953. The zero-order valence-electron chi connectivity index (χ0n) is 9.84. The molecule has 0 radical (unpaired) electrons. The van der Waals surface area contributed by atoms with E-state index in [9.17, 15) is 4.79 Å². The van der Waals surface area contributed by atoms with Gasteiger partial charge in [0.15, 0.2) is 0 Å². The predicted octanol–water partition coefficient (Wildman–Crippen LogP) is 1.60. The molecule has 0 aliphatic carbocycles. The lowest BCUT2D eigenvalue weighted by atomic mass is 10.1. The Morgan fingerprint density at radius 3 is 2.94 bits per heavy atom. The third-order valence-corrected chi connectivity index (χ3v) is 5.54. The number of carbonyl (C=O) groups is 1. The van der Waals surface area contributed by atoms with Crippen LogP contribution in [0.25, 0.3) is 0 Å². The molecule has 0 aromatic heterocycles. The van der Waals surface area contributed by atoms with Crippen LogP contribution >= 0.6 is 21.6 Å². The minimum Gasteiger partial charge on any atom is -0.463 e. The molecule has 0 bridgehead atoms. The molecule has 1 fully saturated rings. The predicted molar refractivity (Wildman–Crippen MR) is 71.0 cm³/mol. The van der Waals surface area contributed by atoms with Crippen LogP contribution in [0, 0.1) is 0 Å². The van der Waals surface area contributed by atoms with Gasteiger partial charge in [-0.3, -0.25) is 4.79 Å². The van der Waals surface area contributed by atoms with E-state index in [2.05, 4.69) is 0 Å². The average Bonchev–Trinajstić information content (AvgIpc) is 2.84. The molecule has 2 atom stereocenters. The molecule has 100 valence electrons. The van der Waals surface area contributed by atoms with E-state index in [1.165, 1.54) is 18.6 Å². The number of carbonyl (C=O) groups excluding carboxylic acids is 1. The molecule has 0 aromatic carbocycles. The van der Waals surface area contributed by atoms with Gasteiger partial charge in [-0.15, -0.1) is 0 Å². The zero-order chi connectivity index (χ0) is 12.5. The van der Waals surface area contributed by atoms with Gasteiger partial charge in [-0.05, 0) is 19.3 Å². The van der Waals surface area contributed by atoms with Crippen LogP contribution in [-0.2, 0) is 9.53 Å². The lowest BCUT2D eigenvalue weighted by molar-refractivity contribution is -0.147. The third kappa shape index (κ3) is 7.18. The Hall–Kier alpha value is 0.0900. The highest BCUT2D eigenvalue weighted by atomic mass is 33.1. The lowest BCUT2D eigenvalue weighted by Gasteiger charge is -2.09. The van der Waals surface area contributed by atoms with Crippen LogP contribution in [0.15, 0.2) is 0 Å². The summed E-state index contributed by atoms with van der Waals surface area (Å²) < 4.78 is 4.81. The van der Waals surface area contributed by atoms with Gasteiger partial charge in [0.1, 0.15) is 12.7 Å². The van der Waals surface area contributed by atoms with Crippen molar-refractivity contribution in [2.45, 2.75) is 43.5 Å². The second kappa shape index (κ2) is 9.08. The highest BCUT2D eigenvalue weighted by molar-refractivity contribution is 8.77. The quantitative estimate of drug-likeness (QED) is 0.400. The highest BCUT2D eigenvalue weighted by Crippen LogP contribution is 2.39. The second-order valence-electron chi connectivity index (χ2n) is 4.09. The van der Waals surface area contributed by atoms with Crippen molar-refractivity contribution in [1.29, 1.82) is 0 Å². The summed E-state index contributed by atoms with van der Waals surface area (Å²) >= 11 is 0. The number of esters is 1. The van der Waals surface area contributed by atoms with Gasteiger partial charge in [0.05, 0.1) is 6.61 Å². The first-order chi connectivity index (χ1) is 8.22. The first-order valence-corrected chi connectivity index (χ1v) is 8.33. The zero-order valence-corrected chi connectivity index (χ0v) is 11.5. The van der Waals surface area contributed by atoms with E-state index in [-0.39, 0.29) is 19.2 Å². The summed E-state index contributed by atoms with van der Waals surface area (Å²) in [6.07, 6.45) is 3.80. The number of rotatable bonds is 8. The first-order valence-electron chi connectivity index (χ1n) is 5.95. The lowest BCUT2D eigenvalue weighted by Crippen LogP contribution is -2.21. The molecule has 2 N–H and O–H groups in total. The summed E-state index contributed by atoms with van der Waals surface area (Å²) in [4.78, 5) is 11.2. The number of hydrogen-bond donors (Lipinski definition) is 2. The van der Waals surface area contributed by atoms with Crippen molar-refractivity contribution in [2.75, 3.05) is 19.0 Å². The first kappa shape index (κ1) is 15.1. The standard InChI is InChI=1S/C11H20O4S2/c12-7-9(13)8-15-11(14)4-2-1-3-10-5-6-16-17-10/h9-10,12-13H,1-8H2. The molecule has 0 amide bonds. The van der Waals surface area contributed by atoms with Crippen molar-refractivity contribution in [2.24, 2.45) is 0 Å². The van der Waals surface area contributed by atoms with E-state index in [0.717, 1.165) is 18.1 Å². The molecular weight excluding hydrogens is 260 g/mol. The summed E-state index contributed by atoms with van der Waals surface area (Å²) in [5, 5.41) is 18.3. The maximum atomic E-state index is 11.2. The molecule has 0 saturated carbocycles. The molecule has 4 nitrogen and oxygen atoms in total. The molecule has 0 aromatic rings. The Morgan fingerprint density at radius 2 is 2.29 bits per heavy atom. The van der Waals surface area contributed by atoms with Crippen LogP contribution < -0.4 is 0 Å². The van der Waals surface area contributed by atoms with Crippen LogP contribution in [0.3, 0.4) is 0 Å². The Labute approximate surface area is 110 Å². The summed E-state index contributed by atoms with van der Waals surface area (Å²) in [6, 6.07) is 0. The number of aliphatic hydroxyl groups excluding tert-OH is 2. The van der Waals surface area contributed by atoms with Crippen LogP contribution in [-0.4, -0.2) is 46.5 Å².